The van der Waals surface area contributed by atoms with E-state index in [1.807, 2.05) is 48.5 Å². The molecular formula is C16H14N4O. The number of hydrogen-bond donors (Lipinski definition) is 1. The van der Waals surface area contributed by atoms with Crippen molar-refractivity contribution in [2.45, 2.75) is 6.61 Å². The van der Waals surface area contributed by atoms with Crippen LogP contribution in [-0.4, -0.2) is 15.2 Å². The molecule has 0 radical (unpaired) electrons. The summed E-state index contributed by atoms with van der Waals surface area (Å²) < 4.78 is 5.63. The lowest BCUT2D eigenvalue weighted by Crippen LogP contribution is -1.97. The van der Waals surface area contributed by atoms with E-state index in [1.54, 1.807) is 12.3 Å². The lowest BCUT2D eigenvalue weighted by atomic mass is 10.2. The largest absolute Gasteiger partial charge is 0.473 e. The molecule has 3 rings (SSSR count). The maximum atomic E-state index is 5.63. The molecule has 0 saturated carbocycles. The number of aromatic nitrogens is 3. The molecule has 5 nitrogen and oxygen atoms in total. The second-order valence-corrected chi connectivity index (χ2v) is 4.50. The minimum absolute atomic E-state index is 0.398. The van der Waals surface area contributed by atoms with Gasteiger partial charge < -0.3 is 10.5 Å². The number of nitrogen functional groups attached to an aromatic ring is 1. The number of nitrogens with two attached hydrogens (primary N) is 1. The Morgan fingerprint density at radius 2 is 1.76 bits per heavy atom. The summed E-state index contributed by atoms with van der Waals surface area (Å²) in [6.45, 7) is 0.495. The van der Waals surface area contributed by atoms with Crippen molar-refractivity contribution >= 4 is 5.82 Å². The Bertz CT molecular complexity index is 697. The fraction of sp³-hybridized carbons (Fsp3) is 0.0625. The average Bonchev–Trinajstić information content (AvgIpc) is 2.55. The van der Waals surface area contributed by atoms with E-state index in [2.05, 4.69) is 15.2 Å². The van der Waals surface area contributed by atoms with Crippen LogP contribution in [0, 0.1) is 0 Å². The fourth-order valence-electron chi connectivity index (χ4n) is 1.85. The minimum atomic E-state index is 0.398. The van der Waals surface area contributed by atoms with Crippen molar-refractivity contribution in [3.05, 3.63) is 66.4 Å². The summed E-state index contributed by atoms with van der Waals surface area (Å²) in [5, 5.41) is 7.84. The van der Waals surface area contributed by atoms with Crippen LogP contribution in [0.5, 0.6) is 5.88 Å². The predicted molar refractivity (Wildman–Crippen MR) is 80.4 cm³/mol. The van der Waals surface area contributed by atoms with E-state index >= 15 is 0 Å². The van der Waals surface area contributed by atoms with Gasteiger partial charge in [-0.25, -0.2) is 4.98 Å². The van der Waals surface area contributed by atoms with Gasteiger partial charge in [0, 0.05) is 17.8 Å². The SMILES string of the molecule is Nc1ccc(-c2ccc(OCc3ccccc3)nc2)nn1. The maximum Gasteiger partial charge on any atom is 0.213 e. The van der Waals surface area contributed by atoms with Crippen molar-refractivity contribution in [1.29, 1.82) is 0 Å². The molecular weight excluding hydrogens is 264 g/mol. The summed E-state index contributed by atoms with van der Waals surface area (Å²) in [4.78, 5) is 4.27. The van der Waals surface area contributed by atoms with Crippen LogP contribution in [0.1, 0.15) is 5.56 Å². The second-order valence-electron chi connectivity index (χ2n) is 4.50. The van der Waals surface area contributed by atoms with Crippen molar-refractivity contribution < 1.29 is 4.74 Å². The van der Waals surface area contributed by atoms with Crippen LogP contribution in [0.4, 0.5) is 5.82 Å². The first-order valence-electron chi connectivity index (χ1n) is 6.53. The number of ether oxygens (including phenoxy) is 1. The van der Waals surface area contributed by atoms with Gasteiger partial charge in [0.1, 0.15) is 12.4 Å². The quantitative estimate of drug-likeness (QED) is 0.794. The van der Waals surface area contributed by atoms with Gasteiger partial charge in [-0.05, 0) is 23.8 Å². The molecule has 2 heterocycles. The topological polar surface area (TPSA) is 73.9 Å². The van der Waals surface area contributed by atoms with Crippen LogP contribution in [0.3, 0.4) is 0 Å². The molecule has 5 heteroatoms. The number of nitrogens with zero attached hydrogens (tertiary/aromatic N) is 3. The molecule has 21 heavy (non-hydrogen) atoms. The lowest BCUT2D eigenvalue weighted by molar-refractivity contribution is 0.294. The third-order valence-corrected chi connectivity index (χ3v) is 2.95. The van der Waals surface area contributed by atoms with Crippen molar-refractivity contribution in [3.8, 4) is 17.1 Å². The first kappa shape index (κ1) is 13.1. The van der Waals surface area contributed by atoms with Gasteiger partial charge >= 0.3 is 0 Å². The molecule has 104 valence electrons. The maximum absolute atomic E-state index is 5.63. The van der Waals surface area contributed by atoms with Crippen LogP contribution < -0.4 is 10.5 Å². The van der Waals surface area contributed by atoms with Crippen molar-refractivity contribution in [3.63, 3.8) is 0 Å². The molecule has 0 unspecified atom stereocenters. The van der Waals surface area contributed by atoms with Crippen LogP contribution >= 0.6 is 0 Å². The molecule has 0 bridgehead atoms. The smallest absolute Gasteiger partial charge is 0.213 e. The monoisotopic (exact) mass is 278 g/mol. The molecule has 1 aromatic carbocycles. The number of pyridine rings is 1. The van der Waals surface area contributed by atoms with Crippen molar-refractivity contribution in [1.82, 2.24) is 15.2 Å². The molecule has 0 aliphatic carbocycles. The summed E-state index contributed by atoms with van der Waals surface area (Å²) in [6, 6.07) is 17.2. The zero-order chi connectivity index (χ0) is 14.5. The fourth-order valence-corrected chi connectivity index (χ4v) is 1.85. The highest BCUT2D eigenvalue weighted by Crippen LogP contribution is 2.18. The van der Waals surface area contributed by atoms with Gasteiger partial charge in [-0.2, -0.15) is 0 Å². The molecule has 0 saturated heterocycles. The van der Waals surface area contributed by atoms with E-state index in [4.69, 9.17) is 10.5 Å². The molecule has 0 fully saturated rings. The minimum Gasteiger partial charge on any atom is -0.473 e. The van der Waals surface area contributed by atoms with Crippen molar-refractivity contribution in [2.75, 3.05) is 5.73 Å². The summed E-state index contributed by atoms with van der Waals surface area (Å²) in [6.07, 6.45) is 1.71. The Morgan fingerprint density at radius 3 is 2.43 bits per heavy atom. The Kier molecular flexibility index (Phi) is 3.73. The normalized spacial score (nSPS) is 10.3. The highest BCUT2D eigenvalue weighted by molar-refractivity contribution is 5.58. The number of rotatable bonds is 4. The first-order valence-corrected chi connectivity index (χ1v) is 6.53. The molecule has 0 spiro atoms. The van der Waals surface area contributed by atoms with Gasteiger partial charge in [0.2, 0.25) is 5.88 Å². The number of hydrogen-bond acceptors (Lipinski definition) is 5. The molecule has 0 aliphatic rings. The van der Waals surface area contributed by atoms with Crippen LogP contribution in [0.2, 0.25) is 0 Å². The Morgan fingerprint density at radius 1 is 0.905 bits per heavy atom. The first-order chi connectivity index (χ1) is 10.3. The van der Waals surface area contributed by atoms with Gasteiger partial charge in [-0.3, -0.25) is 0 Å². The summed E-state index contributed by atoms with van der Waals surface area (Å²) >= 11 is 0. The summed E-state index contributed by atoms with van der Waals surface area (Å²) in [5.41, 5.74) is 8.22. The zero-order valence-corrected chi connectivity index (χ0v) is 11.3. The molecule has 0 aliphatic heterocycles. The third-order valence-electron chi connectivity index (χ3n) is 2.95. The third kappa shape index (κ3) is 3.33. The predicted octanol–water partition coefficient (Wildman–Crippen LogP) is 2.70. The number of anilines is 1. The average molecular weight is 278 g/mol. The second kappa shape index (κ2) is 6.00. The zero-order valence-electron chi connectivity index (χ0n) is 11.3. The standard InChI is InChI=1S/C16H14N4O/c17-15-8-7-14(19-20-15)13-6-9-16(18-10-13)21-11-12-4-2-1-3-5-12/h1-10H,11H2,(H2,17,20). The molecule has 3 aromatic rings. The molecule has 2 N–H and O–H groups in total. The molecule has 0 amide bonds. The molecule has 2 aromatic heterocycles. The van der Waals surface area contributed by atoms with E-state index in [1.165, 1.54) is 0 Å². The highest BCUT2D eigenvalue weighted by Gasteiger charge is 2.02. The lowest BCUT2D eigenvalue weighted by Gasteiger charge is -2.06. The van der Waals surface area contributed by atoms with Crippen LogP contribution in [-0.2, 0) is 6.61 Å². The Hall–Kier alpha value is -2.95. The molecule has 0 atom stereocenters. The van der Waals surface area contributed by atoms with Crippen LogP contribution in [0.15, 0.2) is 60.8 Å². The Labute approximate surface area is 122 Å². The van der Waals surface area contributed by atoms with E-state index in [0.717, 1.165) is 16.8 Å². The van der Waals surface area contributed by atoms with Gasteiger partial charge in [0.25, 0.3) is 0 Å². The van der Waals surface area contributed by atoms with Gasteiger partial charge in [-0.1, -0.05) is 30.3 Å². The van der Waals surface area contributed by atoms with E-state index in [0.29, 0.717) is 18.3 Å². The number of benzene rings is 1. The van der Waals surface area contributed by atoms with Gasteiger partial charge in [-0.15, -0.1) is 10.2 Å². The van der Waals surface area contributed by atoms with E-state index in [9.17, 15) is 0 Å². The van der Waals surface area contributed by atoms with E-state index in [-0.39, 0.29) is 0 Å². The van der Waals surface area contributed by atoms with Crippen LogP contribution in [0.25, 0.3) is 11.3 Å². The summed E-state index contributed by atoms with van der Waals surface area (Å²) in [7, 11) is 0. The summed E-state index contributed by atoms with van der Waals surface area (Å²) in [5.74, 6) is 0.973. The highest BCUT2D eigenvalue weighted by atomic mass is 16.5. The van der Waals surface area contributed by atoms with Gasteiger partial charge in [0.15, 0.2) is 0 Å². The van der Waals surface area contributed by atoms with Crippen molar-refractivity contribution in [2.24, 2.45) is 0 Å². The Balaban J connectivity index is 1.68. The van der Waals surface area contributed by atoms with E-state index < -0.39 is 0 Å². The van der Waals surface area contributed by atoms with Gasteiger partial charge in [0.05, 0.1) is 5.69 Å².